The van der Waals surface area contributed by atoms with Gasteiger partial charge in [-0.2, -0.15) is 0 Å². The van der Waals surface area contributed by atoms with Gasteiger partial charge >= 0.3 is 5.69 Å². The molecule has 0 atom stereocenters. The molecule has 0 aliphatic carbocycles. The van der Waals surface area contributed by atoms with Crippen LogP contribution in [-0.4, -0.2) is 16.5 Å². The molecule has 0 radical (unpaired) electrons. The molecule has 0 unspecified atom stereocenters. The van der Waals surface area contributed by atoms with Crippen molar-refractivity contribution in [1.82, 2.24) is 4.98 Å². The molecular weight excluding hydrogens is 222 g/mol. The first-order valence-corrected chi connectivity index (χ1v) is 5.12. The number of nitrogens with zero attached hydrogens (tertiary/aromatic N) is 2. The molecule has 17 heavy (non-hydrogen) atoms. The molecule has 0 aliphatic rings. The molecule has 2 aromatic heterocycles. The molecule has 88 valence electrons. The van der Waals surface area contributed by atoms with Crippen molar-refractivity contribution in [3.05, 3.63) is 52.7 Å². The number of nitro groups is 1. The van der Waals surface area contributed by atoms with E-state index in [0.29, 0.717) is 18.7 Å². The van der Waals surface area contributed by atoms with E-state index in [4.69, 9.17) is 4.42 Å². The minimum absolute atomic E-state index is 0.0213. The van der Waals surface area contributed by atoms with Gasteiger partial charge in [0.2, 0.25) is 0 Å². The maximum Gasteiger partial charge on any atom is 0.310 e. The van der Waals surface area contributed by atoms with Crippen molar-refractivity contribution in [3.8, 4) is 0 Å². The number of hydrogen-bond acceptors (Lipinski definition) is 5. The molecule has 6 nitrogen and oxygen atoms in total. The van der Waals surface area contributed by atoms with E-state index in [-0.39, 0.29) is 5.69 Å². The maximum absolute atomic E-state index is 10.7. The van der Waals surface area contributed by atoms with Gasteiger partial charge in [0.1, 0.15) is 17.6 Å². The van der Waals surface area contributed by atoms with Crippen molar-refractivity contribution in [1.29, 1.82) is 0 Å². The second kappa shape index (κ2) is 5.11. The summed E-state index contributed by atoms with van der Waals surface area (Å²) in [6.45, 7) is 0.568. The molecule has 0 amide bonds. The highest BCUT2D eigenvalue weighted by Crippen LogP contribution is 2.21. The van der Waals surface area contributed by atoms with Gasteiger partial charge in [-0.05, 0) is 18.2 Å². The minimum atomic E-state index is -0.456. The monoisotopic (exact) mass is 233 g/mol. The molecule has 0 aliphatic heterocycles. The summed E-state index contributed by atoms with van der Waals surface area (Å²) in [6.07, 6.45) is 5.02. The van der Waals surface area contributed by atoms with Gasteiger partial charge in [0.15, 0.2) is 0 Å². The van der Waals surface area contributed by atoms with Crippen molar-refractivity contribution in [2.24, 2.45) is 0 Å². The van der Waals surface area contributed by atoms with Crippen molar-refractivity contribution in [2.75, 3.05) is 11.9 Å². The van der Waals surface area contributed by atoms with Crippen LogP contribution in [0.15, 0.2) is 41.3 Å². The Kier molecular flexibility index (Phi) is 3.34. The lowest BCUT2D eigenvalue weighted by atomic mass is 10.3. The predicted molar refractivity (Wildman–Crippen MR) is 61.8 cm³/mol. The van der Waals surface area contributed by atoms with Crippen LogP contribution in [0.3, 0.4) is 0 Å². The molecule has 2 rings (SSSR count). The fourth-order valence-corrected chi connectivity index (χ4v) is 1.46. The Bertz CT molecular complexity index is 496. The van der Waals surface area contributed by atoms with E-state index < -0.39 is 4.92 Å². The van der Waals surface area contributed by atoms with E-state index in [1.54, 1.807) is 12.3 Å². The van der Waals surface area contributed by atoms with Crippen LogP contribution in [0.1, 0.15) is 5.76 Å². The molecule has 1 N–H and O–H groups in total. The summed E-state index contributed by atoms with van der Waals surface area (Å²) in [5, 5.41) is 13.7. The van der Waals surface area contributed by atoms with Gasteiger partial charge in [0.25, 0.3) is 0 Å². The number of pyridine rings is 1. The summed E-state index contributed by atoms with van der Waals surface area (Å²) in [5.74, 6) is 0.842. The average Bonchev–Trinajstić information content (AvgIpc) is 2.82. The van der Waals surface area contributed by atoms with Gasteiger partial charge < -0.3 is 9.73 Å². The number of nitrogens with one attached hydrogen (secondary N) is 1. The SMILES string of the molecule is O=[N+]([O-])c1cnccc1NCCc1ccco1. The Morgan fingerprint density at radius 3 is 3.06 bits per heavy atom. The van der Waals surface area contributed by atoms with Crippen molar-refractivity contribution >= 4 is 11.4 Å². The lowest BCUT2D eigenvalue weighted by molar-refractivity contribution is -0.384. The van der Waals surface area contributed by atoms with Crippen LogP contribution >= 0.6 is 0 Å². The first-order chi connectivity index (χ1) is 8.27. The van der Waals surface area contributed by atoms with Crippen LogP contribution in [0.4, 0.5) is 11.4 Å². The first-order valence-electron chi connectivity index (χ1n) is 5.12. The standard InChI is InChI=1S/C11H11N3O3/c15-14(16)11-8-12-5-4-10(11)13-6-3-9-2-1-7-17-9/h1-2,4-5,7-8H,3,6H2,(H,12,13). The highest BCUT2D eigenvalue weighted by molar-refractivity contribution is 5.59. The largest absolute Gasteiger partial charge is 0.469 e. The summed E-state index contributed by atoms with van der Waals surface area (Å²) in [7, 11) is 0. The van der Waals surface area contributed by atoms with Gasteiger partial charge in [-0.3, -0.25) is 15.1 Å². The molecule has 2 aromatic rings. The van der Waals surface area contributed by atoms with Crippen molar-refractivity contribution in [2.45, 2.75) is 6.42 Å². The number of rotatable bonds is 5. The van der Waals surface area contributed by atoms with Crippen molar-refractivity contribution < 1.29 is 9.34 Å². The summed E-state index contributed by atoms with van der Waals surface area (Å²) >= 11 is 0. The van der Waals surface area contributed by atoms with Gasteiger partial charge in [0.05, 0.1) is 11.2 Å². The molecule has 0 spiro atoms. The van der Waals surface area contributed by atoms with E-state index in [2.05, 4.69) is 10.3 Å². The lowest BCUT2D eigenvalue weighted by Crippen LogP contribution is -2.06. The fourth-order valence-electron chi connectivity index (χ4n) is 1.46. The highest BCUT2D eigenvalue weighted by Gasteiger charge is 2.12. The highest BCUT2D eigenvalue weighted by atomic mass is 16.6. The third-order valence-corrected chi connectivity index (χ3v) is 2.26. The Morgan fingerprint density at radius 1 is 1.47 bits per heavy atom. The van der Waals surface area contributed by atoms with Crippen LogP contribution in [0.5, 0.6) is 0 Å². The smallest absolute Gasteiger partial charge is 0.310 e. The third kappa shape index (κ3) is 2.81. The van der Waals surface area contributed by atoms with E-state index >= 15 is 0 Å². The normalized spacial score (nSPS) is 10.1. The van der Waals surface area contributed by atoms with Crippen LogP contribution in [0.2, 0.25) is 0 Å². The number of anilines is 1. The average molecular weight is 233 g/mol. The molecule has 0 fully saturated rings. The minimum Gasteiger partial charge on any atom is -0.469 e. The van der Waals surface area contributed by atoms with Crippen LogP contribution in [0.25, 0.3) is 0 Å². The van der Waals surface area contributed by atoms with E-state index in [0.717, 1.165) is 5.76 Å². The van der Waals surface area contributed by atoms with E-state index in [1.807, 2.05) is 12.1 Å². The van der Waals surface area contributed by atoms with Gasteiger partial charge in [-0.1, -0.05) is 0 Å². The van der Waals surface area contributed by atoms with Crippen LogP contribution in [0, 0.1) is 10.1 Å². The molecule has 0 saturated heterocycles. The Balaban J connectivity index is 1.97. The Hall–Kier alpha value is -2.37. The molecule has 2 heterocycles. The third-order valence-electron chi connectivity index (χ3n) is 2.26. The number of hydrogen-bond donors (Lipinski definition) is 1. The zero-order valence-electron chi connectivity index (χ0n) is 9.00. The van der Waals surface area contributed by atoms with E-state index in [1.165, 1.54) is 12.4 Å². The molecule has 0 bridgehead atoms. The van der Waals surface area contributed by atoms with Gasteiger partial charge in [-0.15, -0.1) is 0 Å². The van der Waals surface area contributed by atoms with Crippen molar-refractivity contribution in [3.63, 3.8) is 0 Å². The Morgan fingerprint density at radius 2 is 2.35 bits per heavy atom. The molecular formula is C11H11N3O3. The summed E-state index contributed by atoms with van der Waals surface area (Å²) in [4.78, 5) is 14.0. The summed E-state index contributed by atoms with van der Waals surface area (Å²) in [6, 6.07) is 5.26. The Labute approximate surface area is 97.4 Å². The quantitative estimate of drug-likeness (QED) is 0.632. The molecule has 0 saturated carbocycles. The second-order valence-electron chi connectivity index (χ2n) is 3.41. The summed E-state index contributed by atoms with van der Waals surface area (Å²) in [5.41, 5.74) is 0.448. The first kappa shape index (κ1) is 11.1. The topological polar surface area (TPSA) is 81.2 Å². The lowest BCUT2D eigenvalue weighted by Gasteiger charge is -2.04. The predicted octanol–water partition coefficient (Wildman–Crippen LogP) is 2.24. The number of furan rings is 1. The maximum atomic E-state index is 10.7. The number of aromatic nitrogens is 1. The van der Waals surface area contributed by atoms with Gasteiger partial charge in [-0.25, -0.2) is 0 Å². The second-order valence-corrected chi connectivity index (χ2v) is 3.41. The van der Waals surface area contributed by atoms with Gasteiger partial charge in [0, 0.05) is 19.2 Å². The zero-order valence-corrected chi connectivity index (χ0v) is 9.00. The van der Waals surface area contributed by atoms with E-state index in [9.17, 15) is 10.1 Å². The van der Waals surface area contributed by atoms with Crippen LogP contribution < -0.4 is 5.32 Å². The fraction of sp³-hybridized carbons (Fsp3) is 0.182. The zero-order chi connectivity index (χ0) is 12.1. The molecule has 0 aromatic carbocycles. The van der Waals surface area contributed by atoms with Crippen LogP contribution in [-0.2, 0) is 6.42 Å². The molecule has 6 heteroatoms. The summed E-state index contributed by atoms with van der Waals surface area (Å²) < 4.78 is 5.16.